The van der Waals surface area contributed by atoms with Gasteiger partial charge in [-0.2, -0.15) is 4.31 Å². The number of urea groups is 1. The number of amides is 2. The van der Waals surface area contributed by atoms with Crippen molar-refractivity contribution in [3.05, 3.63) is 57.7 Å². The summed E-state index contributed by atoms with van der Waals surface area (Å²) in [4.78, 5) is 21.2. The Kier molecular flexibility index (Phi) is 8.10. The van der Waals surface area contributed by atoms with Crippen molar-refractivity contribution in [1.82, 2.24) is 19.1 Å². The summed E-state index contributed by atoms with van der Waals surface area (Å²) in [6, 6.07) is 9.38. The van der Waals surface area contributed by atoms with Crippen molar-refractivity contribution < 1.29 is 17.9 Å². The number of carbonyl (C=O) groups excluding carboxylic acids is 1. The fourth-order valence-electron chi connectivity index (χ4n) is 4.71. The Bertz CT molecular complexity index is 1150. The summed E-state index contributed by atoms with van der Waals surface area (Å²) in [5.41, 5.74) is 2.11. The number of benzene rings is 1. The molecule has 2 atom stereocenters. The monoisotopic (exact) mass is 540 g/mol. The van der Waals surface area contributed by atoms with Gasteiger partial charge in [0.15, 0.2) is 0 Å². The number of ether oxygens (including phenoxy) is 1. The Morgan fingerprint density at radius 3 is 2.43 bits per heavy atom. The van der Waals surface area contributed by atoms with E-state index in [1.165, 1.54) is 10.6 Å². The first-order valence-corrected chi connectivity index (χ1v) is 14.2. The average molecular weight is 542 g/mol. The molecule has 2 aliphatic heterocycles. The van der Waals surface area contributed by atoms with E-state index in [4.69, 9.17) is 27.9 Å². The number of pyridine rings is 1. The van der Waals surface area contributed by atoms with E-state index < -0.39 is 10.0 Å². The van der Waals surface area contributed by atoms with Crippen molar-refractivity contribution in [2.75, 3.05) is 52.1 Å². The number of hydrogen-bond donors (Lipinski definition) is 0. The molecule has 4 rings (SSSR count). The molecule has 1 aromatic carbocycles. The predicted octanol–water partition coefficient (Wildman–Crippen LogP) is 3.88. The second kappa shape index (κ2) is 10.9. The van der Waals surface area contributed by atoms with Gasteiger partial charge >= 0.3 is 6.03 Å². The van der Waals surface area contributed by atoms with Gasteiger partial charge in [0.05, 0.1) is 22.9 Å². The Morgan fingerprint density at radius 1 is 1.06 bits per heavy atom. The van der Waals surface area contributed by atoms with E-state index in [1.54, 1.807) is 17.2 Å². The molecule has 2 aliphatic rings. The smallest absolute Gasteiger partial charge is 0.320 e. The molecule has 0 N–H and O–H groups in total. The Hall–Kier alpha value is -2.07. The fourth-order valence-corrected chi connectivity index (χ4v) is 5.84. The third-order valence-corrected chi connectivity index (χ3v) is 8.73. The molecule has 0 aliphatic carbocycles. The molecule has 35 heavy (non-hydrogen) atoms. The predicted molar refractivity (Wildman–Crippen MR) is 137 cm³/mol. The highest BCUT2D eigenvalue weighted by Crippen LogP contribution is 2.37. The molecular formula is C24H30Cl2N4O4S. The Balaban J connectivity index is 1.44. The number of halogens is 2. The lowest BCUT2D eigenvalue weighted by Crippen LogP contribution is -2.53. The maximum Gasteiger partial charge on any atom is 0.320 e. The number of hydrogen-bond acceptors (Lipinski definition) is 5. The third kappa shape index (κ3) is 6.39. The second-order valence-electron chi connectivity index (χ2n) is 9.19. The van der Waals surface area contributed by atoms with Crippen LogP contribution in [-0.2, 0) is 10.0 Å². The van der Waals surface area contributed by atoms with E-state index in [2.05, 4.69) is 4.98 Å². The minimum Gasteiger partial charge on any atom is -0.478 e. The SMILES string of the molecule is Cc1ccc(OCCC2CN(C(=O)N3CCN(S(C)(=O)=O)CC3)CC2c2ccc(Cl)c(Cl)c2)nc1. The van der Waals surface area contributed by atoms with Gasteiger partial charge in [-0.1, -0.05) is 35.3 Å². The van der Waals surface area contributed by atoms with Crippen molar-refractivity contribution in [3.63, 3.8) is 0 Å². The zero-order valence-electron chi connectivity index (χ0n) is 19.9. The molecule has 2 aromatic rings. The molecule has 0 saturated carbocycles. The lowest BCUT2D eigenvalue weighted by atomic mass is 9.87. The van der Waals surface area contributed by atoms with Gasteiger partial charge in [-0.3, -0.25) is 0 Å². The highest BCUT2D eigenvalue weighted by atomic mass is 35.5. The first kappa shape index (κ1) is 26.0. The highest BCUT2D eigenvalue weighted by Gasteiger charge is 2.38. The zero-order valence-corrected chi connectivity index (χ0v) is 22.2. The van der Waals surface area contributed by atoms with Gasteiger partial charge < -0.3 is 14.5 Å². The van der Waals surface area contributed by atoms with Gasteiger partial charge in [0.2, 0.25) is 15.9 Å². The summed E-state index contributed by atoms with van der Waals surface area (Å²) in [5.74, 6) is 0.830. The maximum absolute atomic E-state index is 13.3. The molecule has 190 valence electrons. The molecule has 0 bridgehead atoms. The van der Waals surface area contributed by atoms with Gasteiger partial charge in [-0.15, -0.1) is 0 Å². The second-order valence-corrected chi connectivity index (χ2v) is 12.0. The number of piperazine rings is 1. The normalized spacial score (nSPS) is 21.4. The van der Waals surface area contributed by atoms with Crippen LogP contribution in [0.1, 0.15) is 23.5 Å². The molecule has 1 aromatic heterocycles. The van der Waals surface area contributed by atoms with Crippen LogP contribution in [-0.4, -0.2) is 85.7 Å². The first-order chi connectivity index (χ1) is 16.6. The number of sulfonamides is 1. The number of aryl methyl sites for hydroxylation is 1. The standard InChI is InChI=1S/C24H30Cl2N4O4S/c1-17-3-6-23(27-14-17)34-12-7-19-15-29(16-20(19)18-4-5-21(25)22(26)13-18)24(31)28-8-10-30(11-9-28)35(2,32)33/h3-6,13-14,19-20H,7-12,15-16H2,1-2H3. The van der Waals surface area contributed by atoms with E-state index in [0.29, 0.717) is 61.8 Å². The molecule has 2 unspecified atom stereocenters. The van der Waals surface area contributed by atoms with Crippen LogP contribution in [0.25, 0.3) is 0 Å². The summed E-state index contributed by atoms with van der Waals surface area (Å²) < 4.78 is 30.9. The molecule has 8 nitrogen and oxygen atoms in total. The van der Waals surface area contributed by atoms with Gasteiger partial charge in [0, 0.05) is 57.4 Å². The number of nitrogens with zero attached hydrogens (tertiary/aromatic N) is 4. The largest absolute Gasteiger partial charge is 0.478 e. The van der Waals surface area contributed by atoms with Crippen molar-refractivity contribution in [1.29, 1.82) is 0 Å². The molecule has 2 fully saturated rings. The van der Waals surface area contributed by atoms with E-state index in [1.807, 2.05) is 36.1 Å². The minimum absolute atomic E-state index is 0.0631. The lowest BCUT2D eigenvalue weighted by molar-refractivity contribution is 0.140. The van der Waals surface area contributed by atoms with Gasteiger partial charge in [0.25, 0.3) is 0 Å². The van der Waals surface area contributed by atoms with Gasteiger partial charge in [-0.25, -0.2) is 18.2 Å². The van der Waals surface area contributed by atoms with Crippen molar-refractivity contribution >= 4 is 39.3 Å². The molecule has 11 heteroatoms. The molecule has 3 heterocycles. The average Bonchev–Trinajstić information content (AvgIpc) is 3.25. The molecule has 2 amide bonds. The minimum atomic E-state index is -3.25. The zero-order chi connectivity index (χ0) is 25.2. The number of rotatable bonds is 6. The lowest BCUT2D eigenvalue weighted by Gasteiger charge is -2.35. The molecular weight excluding hydrogens is 511 g/mol. The Labute approximate surface area is 216 Å². The van der Waals surface area contributed by atoms with E-state index >= 15 is 0 Å². The first-order valence-electron chi connectivity index (χ1n) is 11.6. The van der Waals surface area contributed by atoms with E-state index in [-0.39, 0.29) is 17.9 Å². The topological polar surface area (TPSA) is 83.0 Å². The van der Waals surface area contributed by atoms with Crippen molar-refractivity contribution in [3.8, 4) is 5.88 Å². The van der Waals surface area contributed by atoms with Crippen LogP contribution < -0.4 is 4.74 Å². The van der Waals surface area contributed by atoms with Gasteiger partial charge in [0.1, 0.15) is 0 Å². The summed E-state index contributed by atoms with van der Waals surface area (Å²) in [5, 5.41) is 0.986. The van der Waals surface area contributed by atoms with Crippen LogP contribution >= 0.6 is 23.2 Å². The third-order valence-electron chi connectivity index (χ3n) is 6.68. The summed E-state index contributed by atoms with van der Waals surface area (Å²) >= 11 is 12.4. The van der Waals surface area contributed by atoms with Crippen molar-refractivity contribution in [2.45, 2.75) is 19.3 Å². The number of aromatic nitrogens is 1. The number of likely N-dealkylation sites (tertiary alicyclic amines) is 1. The summed E-state index contributed by atoms with van der Waals surface area (Å²) in [6.07, 6.45) is 3.71. The highest BCUT2D eigenvalue weighted by molar-refractivity contribution is 7.88. The van der Waals surface area contributed by atoms with E-state index in [9.17, 15) is 13.2 Å². The van der Waals surface area contributed by atoms with Crippen LogP contribution in [0.4, 0.5) is 4.79 Å². The number of carbonyl (C=O) groups is 1. The molecule has 0 spiro atoms. The fraction of sp³-hybridized carbons (Fsp3) is 0.500. The van der Waals surface area contributed by atoms with Crippen LogP contribution in [0.5, 0.6) is 5.88 Å². The van der Waals surface area contributed by atoms with Crippen LogP contribution in [0.3, 0.4) is 0 Å². The maximum atomic E-state index is 13.3. The van der Waals surface area contributed by atoms with E-state index in [0.717, 1.165) is 17.5 Å². The van der Waals surface area contributed by atoms with Crippen LogP contribution in [0.15, 0.2) is 36.5 Å². The van der Waals surface area contributed by atoms with Crippen molar-refractivity contribution in [2.24, 2.45) is 5.92 Å². The summed E-state index contributed by atoms with van der Waals surface area (Å²) in [7, 11) is -3.25. The molecule has 0 radical (unpaired) electrons. The quantitative estimate of drug-likeness (QED) is 0.555. The Morgan fingerprint density at radius 2 is 1.80 bits per heavy atom. The summed E-state index contributed by atoms with van der Waals surface area (Å²) in [6.45, 7) is 4.99. The van der Waals surface area contributed by atoms with Crippen LogP contribution in [0.2, 0.25) is 10.0 Å². The molecule has 2 saturated heterocycles. The van der Waals surface area contributed by atoms with Crippen LogP contribution in [0, 0.1) is 12.8 Å². The van der Waals surface area contributed by atoms with Gasteiger partial charge in [-0.05, 0) is 42.5 Å².